The van der Waals surface area contributed by atoms with Gasteiger partial charge in [-0.05, 0) is 48.9 Å². The molecule has 0 aliphatic rings. The molecule has 34 heavy (non-hydrogen) atoms. The van der Waals surface area contributed by atoms with E-state index in [1.807, 2.05) is 6.92 Å². The van der Waals surface area contributed by atoms with E-state index >= 15 is 0 Å². The van der Waals surface area contributed by atoms with Crippen LogP contribution in [0.3, 0.4) is 0 Å². The highest BCUT2D eigenvalue weighted by atomic mass is 32.2. The normalized spacial score (nSPS) is 12.3. The molecule has 1 amide bonds. The van der Waals surface area contributed by atoms with E-state index in [1.165, 1.54) is 54.1 Å². The first-order valence-electron chi connectivity index (χ1n) is 10.6. The van der Waals surface area contributed by atoms with Crippen LogP contribution in [0, 0.1) is 0 Å². The molecule has 0 fully saturated rings. The number of esters is 1. The lowest BCUT2D eigenvalue weighted by molar-refractivity contribution is -0.141. The van der Waals surface area contributed by atoms with Crippen molar-refractivity contribution in [2.75, 3.05) is 27.8 Å². The number of carbonyl (C=O) groups is 2. The third-order valence-corrected chi connectivity index (χ3v) is 8.15. The number of ether oxygens (including phenoxy) is 2. The van der Waals surface area contributed by atoms with Crippen LogP contribution in [0.15, 0.2) is 52.4 Å². The second kappa shape index (κ2) is 10.9. The molecule has 1 aromatic heterocycles. The molecule has 182 valence electrons. The summed E-state index contributed by atoms with van der Waals surface area (Å²) in [6.45, 7) is 2.30. The SMILES string of the molecule is CCCCN(C)S(=O)(=O)c1ccc(C(=O)N=c2sc3cc(OC)ccc3n2CC(=O)OC)cc1. The van der Waals surface area contributed by atoms with Crippen LogP contribution in [0.25, 0.3) is 10.2 Å². The number of carbonyl (C=O) groups excluding carboxylic acids is 2. The quantitative estimate of drug-likeness (QED) is 0.414. The first-order chi connectivity index (χ1) is 16.2. The number of rotatable bonds is 9. The van der Waals surface area contributed by atoms with Gasteiger partial charge in [0.1, 0.15) is 12.3 Å². The number of amides is 1. The number of methoxy groups -OCH3 is 2. The Morgan fingerprint density at radius 2 is 1.82 bits per heavy atom. The second-order valence-electron chi connectivity index (χ2n) is 7.50. The van der Waals surface area contributed by atoms with Gasteiger partial charge < -0.3 is 14.0 Å². The number of hydrogen-bond donors (Lipinski definition) is 0. The molecule has 3 rings (SSSR count). The molecule has 0 spiro atoms. The standard InChI is InChI=1S/C23H27N3O6S2/c1-5-6-13-25(2)34(29,30)18-10-7-16(8-11-18)22(28)24-23-26(15-21(27)32-4)19-12-9-17(31-3)14-20(19)33-23/h7-12,14H,5-6,13,15H2,1-4H3. The molecule has 0 aliphatic carbocycles. The average molecular weight is 506 g/mol. The molecule has 0 radical (unpaired) electrons. The van der Waals surface area contributed by atoms with Crippen molar-refractivity contribution in [3.8, 4) is 5.75 Å². The van der Waals surface area contributed by atoms with Gasteiger partial charge in [-0.1, -0.05) is 24.7 Å². The predicted octanol–water partition coefficient (Wildman–Crippen LogP) is 3.05. The highest BCUT2D eigenvalue weighted by molar-refractivity contribution is 7.89. The maximum Gasteiger partial charge on any atom is 0.325 e. The van der Waals surface area contributed by atoms with Crippen molar-refractivity contribution in [2.24, 2.45) is 4.99 Å². The van der Waals surface area contributed by atoms with Gasteiger partial charge in [0.05, 0.1) is 29.3 Å². The van der Waals surface area contributed by atoms with Crippen LogP contribution >= 0.6 is 11.3 Å². The summed E-state index contributed by atoms with van der Waals surface area (Å²) in [7, 11) is 0.747. The minimum atomic E-state index is -3.63. The molecule has 0 atom stereocenters. The average Bonchev–Trinajstić information content (AvgIpc) is 3.17. The summed E-state index contributed by atoms with van der Waals surface area (Å²) >= 11 is 1.23. The molecule has 0 saturated carbocycles. The number of benzene rings is 2. The largest absolute Gasteiger partial charge is 0.497 e. The Hall–Kier alpha value is -3.02. The molecule has 2 aromatic carbocycles. The van der Waals surface area contributed by atoms with E-state index in [9.17, 15) is 18.0 Å². The topological polar surface area (TPSA) is 107 Å². The fourth-order valence-corrected chi connectivity index (χ4v) is 5.48. The number of hydrogen-bond acceptors (Lipinski definition) is 7. The van der Waals surface area contributed by atoms with Gasteiger partial charge in [0, 0.05) is 19.2 Å². The molecule has 3 aromatic rings. The summed E-state index contributed by atoms with van der Waals surface area (Å²) in [6, 6.07) is 11.0. The molecular formula is C23H27N3O6S2. The van der Waals surface area contributed by atoms with Crippen molar-refractivity contribution < 1.29 is 27.5 Å². The summed E-state index contributed by atoms with van der Waals surface area (Å²) in [5.41, 5.74) is 0.939. The van der Waals surface area contributed by atoms with Crippen molar-refractivity contribution in [1.82, 2.24) is 8.87 Å². The van der Waals surface area contributed by atoms with Crippen LogP contribution in [0.1, 0.15) is 30.1 Å². The number of fused-ring (bicyclic) bond motifs is 1. The maximum absolute atomic E-state index is 12.9. The van der Waals surface area contributed by atoms with E-state index in [4.69, 9.17) is 9.47 Å². The van der Waals surface area contributed by atoms with E-state index < -0.39 is 21.9 Å². The van der Waals surface area contributed by atoms with Crippen LogP contribution in [0.4, 0.5) is 0 Å². The molecule has 0 aliphatic heterocycles. The molecule has 0 N–H and O–H groups in total. The predicted molar refractivity (Wildman–Crippen MR) is 129 cm³/mol. The van der Waals surface area contributed by atoms with E-state index in [0.717, 1.165) is 17.5 Å². The lowest BCUT2D eigenvalue weighted by Crippen LogP contribution is -2.27. The zero-order chi connectivity index (χ0) is 24.9. The number of thiazole rings is 1. The minimum Gasteiger partial charge on any atom is -0.497 e. The van der Waals surface area contributed by atoms with Crippen LogP contribution in [-0.4, -0.2) is 57.0 Å². The Morgan fingerprint density at radius 1 is 1.12 bits per heavy atom. The summed E-state index contributed by atoms with van der Waals surface area (Å²) in [5.74, 6) is -0.399. The van der Waals surface area contributed by atoms with Crippen LogP contribution in [-0.2, 0) is 26.1 Å². The number of aromatic nitrogens is 1. The van der Waals surface area contributed by atoms with Gasteiger partial charge in [0.2, 0.25) is 10.0 Å². The second-order valence-corrected chi connectivity index (χ2v) is 10.6. The fourth-order valence-electron chi connectivity index (χ4n) is 3.21. The molecule has 0 unspecified atom stereocenters. The molecule has 11 heteroatoms. The Kier molecular flexibility index (Phi) is 8.24. The Balaban J connectivity index is 1.96. The Bertz CT molecular complexity index is 1360. The van der Waals surface area contributed by atoms with Gasteiger partial charge in [-0.25, -0.2) is 12.7 Å². The van der Waals surface area contributed by atoms with Crippen molar-refractivity contribution in [2.45, 2.75) is 31.2 Å². The molecular weight excluding hydrogens is 478 g/mol. The van der Waals surface area contributed by atoms with Gasteiger partial charge in [-0.3, -0.25) is 9.59 Å². The first kappa shape index (κ1) is 25.6. The smallest absolute Gasteiger partial charge is 0.325 e. The lowest BCUT2D eigenvalue weighted by atomic mass is 10.2. The molecule has 0 saturated heterocycles. The van der Waals surface area contributed by atoms with Gasteiger partial charge in [-0.15, -0.1) is 0 Å². The number of nitrogens with zero attached hydrogens (tertiary/aromatic N) is 3. The van der Waals surface area contributed by atoms with Crippen LogP contribution < -0.4 is 9.54 Å². The summed E-state index contributed by atoms with van der Waals surface area (Å²) in [6.07, 6.45) is 1.65. The van der Waals surface area contributed by atoms with Crippen molar-refractivity contribution in [3.05, 3.63) is 52.8 Å². The zero-order valence-corrected chi connectivity index (χ0v) is 21.1. The maximum atomic E-state index is 12.9. The number of sulfonamides is 1. The third-order valence-electron chi connectivity index (χ3n) is 5.24. The van der Waals surface area contributed by atoms with E-state index in [1.54, 1.807) is 29.9 Å². The highest BCUT2D eigenvalue weighted by Gasteiger charge is 2.20. The summed E-state index contributed by atoms with van der Waals surface area (Å²) in [5, 5.41) is 0. The summed E-state index contributed by atoms with van der Waals surface area (Å²) < 4.78 is 39.1. The highest BCUT2D eigenvalue weighted by Crippen LogP contribution is 2.23. The molecule has 0 bridgehead atoms. The van der Waals surface area contributed by atoms with Gasteiger partial charge in [-0.2, -0.15) is 4.99 Å². The lowest BCUT2D eigenvalue weighted by Gasteiger charge is -2.16. The van der Waals surface area contributed by atoms with Gasteiger partial charge in [0.25, 0.3) is 5.91 Å². The van der Waals surface area contributed by atoms with Crippen LogP contribution in [0.5, 0.6) is 5.75 Å². The van der Waals surface area contributed by atoms with E-state index in [-0.39, 0.29) is 17.0 Å². The van der Waals surface area contributed by atoms with Gasteiger partial charge in [0.15, 0.2) is 4.80 Å². The molecule has 9 nitrogen and oxygen atoms in total. The summed E-state index contributed by atoms with van der Waals surface area (Å²) in [4.78, 5) is 29.5. The third kappa shape index (κ3) is 5.54. The van der Waals surface area contributed by atoms with Crippen molar-refractivity contribution in [3.63, 3.8) is 0 Å². The van der Waals surface area contributed by atoms with E-state index in [0.29, 0.717) is 22.6 Å². The Labute approximate surface area is 202 Å². The number of unbranched alkanes of at least 4 members (excludes halogenated alkanes) is 1. The minimum absolute atomic E-state index is 0.109. The van der Waals surface area contributed by atoms with Crippen molar-refractivity contribution >= 4 is 43.5 Å². The van der Waals surface area contributed by atoms with Crippen LogP contribution in [0.2, 0.25) is 0 Å². The fraction of sp³-hybridized carbons (Fsp3) is 0.348. The Morgan fingerprint density at radius 3 is 2.44 bits per heavy atom. The van der Waals surface area contributed by atoms with Crippen molar-refractivity contribution in [1.29, 1.82) is 0 Å². The van der Waals surface area contributed by atoms with E-state index in [2.05, 4.69) is 4.99 Å². The zero-order valence-electron chi connectivity index (χ0n) is 19.5. The van der Waals surface area contributed by atoms with Gasteiger partial charge >= 0.3 is 5.97 Å². The monoisotopic (exact) mass is 505 g/mol. The molecule has 1 heterocycles. The first-order valence-corrected chi connectivity index (χ1v) is 12.9.